The molecule has 222 valence electrons. The highest BCUT2D eigenvalue weighted by Gasteiger charge is 2.44. The van der Waals surface area contributed by atoms with Crippen LogP contribution in [0.3, 0.4) is 0 Å². The average Bonchev–Trinajstić information content (AvgIpc) is 2.98. The monoisotopic (exact) mass is 589 g/mol. The summed E-state index contributed by atoms with van der Waals surface area (Å²) in [6, 6.07) is 4.01. The Kier molecular flexibility index (Phi) is 5.73. The maximum atomic E-state index is 16.1. The van der Waals surface area contributed by atoms with Gasteiger partial charge in [-0.15, -0.1) is 0 Å². The van der Waals surface area contributed by atoms with Crippen LogP contribution in [-0.2, 0) is 31.1 Å². The SMILES string of the molecule is CC1(C)c2c(cc3c4c2CCCN4CCC3)C(c2c(F)c(F)c(F)c(F)c2C(=O)O)=c2cc3c4c(c21)CCC[N+]=4CCC3. The molecule has 4 nitrogen and oxygen atoms in total. The van der Waals surface area contributed by atoms with Crippen molar-refractivity contribution in [3.05, 3.63) is 96.0 Å². The molecule has 0 saturated carbocycles. The molecule has 0 radical (unpaired) electrons. The van der Waals surface area contributed by atoms with Gasteiger partial charge in [-0.25, -0.2) is 26.9 Å². The highest BCUT2D eigenvalue weighted by atomic mass is 19.2. The molecule has 0 unspecified atom stereocenters. The predicted molar refractivity (Wildman–Crippen MR) is 156 cm³/mol. The standard InChI is InChI=1S/C35H32F4N2O2/c1-35(2)26-19-9-5-13-40-11-3-7-17(32(19)40)15-21(26)23(24-25(34(42)43)29(37)31(39)30(38)28(24)36)22-16-18-8-4-12-41-14-6-10-20(27(22)35)33(18)41/h15-16H,3-14H2,1-2H3/p+1. The number of rotatable bonds is 2. The predicted octanol–water partition coefficient (Wildman–Crippen LogP) is 4.91. The highest BCUT2D eigenvalue weighted by Crippen LogP contribution is 2.50. The number of hydrogen-bond acceptors (Lipinski definition) is 2. The van der Waals surface area contributed by atoms with E-state index in [0.717, 1.165) is 111 Å². The van der Waals surface area contributed by atoms with Gasteiger partial charge < -0.3 is 10.0 Å². The largest absolute Gasteiger partial charge is 0.478 e. The second-order valence-electron chi connectivity index (χ2n) is 13.3. The average molecular weight is 590 g/mol. The van der Waals surface area contributed by atoms with Crippen molar-refractivity contribution < 1.29 is 27.5 Å². The van der Waals surface area contributed by atoms with Crippen molar-refractivity contribution in [3.63, 3.8) is 0 Å². The Bertz CT molecular complexity index is 1940. The van der Waals surface area contributed by atoms with Crippen LogP contribution in [0.2, 0.25) is 0 Å². The van der Waals surface area contributed by atoms with Gasteiger partial charge in [0.15, 0.2) is 23.3 Å². The fraction of sp³-hybridized carbons (Fsp3) is 0.429. The molecule has 3 aromatic carbocycles. The van der Waals surface area contributed by atoms with E-state index in [4.69, 9.17) is 0 Å². The fourth-order valence-electron chi connectivity index (χ4n) is 9.15. The number of benzene rings is 3. The number of nitrogens with zero attached hydrogens (tertiary/aromatic N) is 2. The lowest BCUT2D eigenvalue weighted by Gasteiger charge is -2.44. The van der Waals surface area contributed by atoms with E-state index in [1.807, 2.05) is 12.1 Å². The second kappa shape index (κ2) is 9.16. The Morgan fingerprint density at radius 2 is 1.47 bits per heavy atom. The summed E-state index contributed by atoms with van der Waals surface area (Å²) in [6.07, 6.45) is 7.00. The summed E-state index contributed by atoms with van der Waals surface area (Å²) in [7, 11) is 0. The first-order valence-electron chi connectivity index (χ1n) is 15.5. The molecule has 0 spiro atoms. The third kappa shape index (κ3) is 3.49. The Morgan fingerprint density at radius 3 is 2.21 bits per heavy atom. The van der Waals surface area contributed by atoms with E-state index in [0.29, 0.717) is 10.8 Å². The number of carboxylic acids is 1. The van der Waals surface area contributed by atoms with Crippen molar-refractivity contribution in [2.75, 3.05) is 31.1 Å². The molecule has 8 heteroatoms. The zero-order valence-corrected chi connectivity index (χ0v) is 24.4. The van der Waals surface area contributed by atoms with Crippen LogP contribution >= 0.6 is 0 Å². The number of aryl methyl sites for hydroxylation is 2. The van der Waals surface area contributed by atoms with Crippen molar-refractivity contribution in [2.24, 2.45) is 0 Å². The molecule has 1 aliphatic carbocycles. The second-order valence-corrected chi connectivity index (χ2v) is 13.3. The van der Waals surface area contributed by atoms with Gasteiger partial charge >= 0.3 is 5.97 Å². The Hall–Kier alpha value is -3.68. The van der Waals surface area contributed by atoms with Gasteiger partial charge in [0, 0.05) is 59.3 Å². The summed E-state index contributed by atoms with van der Waals surface area (Å²) in [5.41, 5.74) is 5.97. The summed E-state index contributed by atoms with van der Waals surface area (Å²) >= 11 is 0. The third-order valence-electron chi connectivity index (χ3n) is 10.6. The van der Waals surface area contributed by atoms with E-state index < -0.39 is 45.8 Å². The molecule has 0 atom stereocenters. The smallest absolute Gasteiger partial charge is 0.339 e. The zero-order chi connectivity index (χ0) is 29.9. The quantitative estimate of drug-likeness (QED) is 0.200. The number of fused-ring (bicyclic) bond motifs is 4. The topological polar surface area (TPSA) is 43.6 Å². The van der Waals surface area contributed by atoms with Gasteiger partial charge in [0.2, 0.25) is 5.36 Å². The normalized spacial score (nSPS) is 19.4. The third-order valence-corrected chi connectivity index (χ3v) is 10.6. The van der Waals surface area contributed by atoms with Crippen molar-refractivity contribution >= 4 is 17.2 Å². The minimum atomic E-state index is -2.11. The molecule has 4 heterocycles. The van der Waals surface area contributed by atoms with Crippen molar-refractivity contribution in [2.45, 2.75) is 70.6 Å². The maximum Gasteiger partial charge on any atom is 0.339 e. The molecular weight excluding hydrogens is 556 g/mol. The van der Waals surface area contributed by atoms with Crippen molar-refractivity contribution in [1.29, 1.82) is 0 Å². The van der Waals surface area contributed by atoms with Crippen LogP contribution in [0.25, 0.3) is 5.57 Å². The summed E-state index contributed by atoms with van der Waals surface area (Å²) < 4.78 is 63.6. The van der Waals surface area contributed by atoms with Gasteiger partial charge in [0.25, 0.3) is 0 Å². The zero-order valence-electron chi connectivity index (χ0n) is 24.4. The minimum Gasteiger partial charge on any atom is -0.478 e. The van der Waals surface area contributed by atoms with E-state index in [2.05, 4.69) is 23.3 Å². The molecule has 43 heavy (non-hydrogen) atoms. The number of anilines is 1. The first-order valence-corrected chi connectivity index (χ1v) is 15.5. The van der Waals surface area contributed by atoms with Gasteiger partial charge in [0.05, 0.1) is 0 Å². The molecule has 0 aromatic heterocycles. The van der Waals surface area contributed by atoms with Gasteiger partial charge in [-0.3, -0.25) is 0 Å². The summed E-state index contributed by atoms with van der Waals surface area (Å²) in [5, 5.41) is 12.0. The Balaban J connectivity index is 1.65. The van der Waals surface area contributed by atoms with Crippen LogP contribution in [0.5, 0.6) is 0 Å². The molecule has 0 bridgehead atoms. The van der Waals surface area contributed by atoms with Gasteiger partial charge in [0.1, 0.15) is 18.7 Å². The first-order chi connectivity index (χ1) is 20.6. The van der Waals surface area contributed by atoms with E-state index in [1.165, 1.54) is 11.0 Å². The van der Waals surface area contributed by atoms with Crippen molar-refractivity contribution in [1.82, 2.24) is 4.58 Å². The van der Waals surface area contributed by atoms with Crippen LogP contribution in [0.15, 0.2) is 12.1 Å². The molecule has 8 rings (SSSR count). The number of aromatic carboxylic acids is 1. The van der Waals surface area contributed by atoms with Crippen LogP contribution in [-0.4, -0.2) is 37.3 Å². The number of hydrogen-bond donors (Lipinski definition) is 1. The molecule has 0 amide bonds. The maximum absolute atomic E-state index is 16.1. The van der Waals surface area contributed by atoms with E-state index >= 15 is 13.2 Å². The summed E-state index contributed by atoms with van der Waals surface area (Å²) in [6.45, 7) is 8.16. The van der Waals surface area contributed by atoms with Gasteiger partial charge in [-0.05, 0) is 83.7 Å². The summed E-state index contributed by atoms with van der Waals surface area (Å²) in [5.74, 6) is -9.47. The molecule has 0 fully saturated rings. The lowest BCUT2D eigenvalue weighted by atomic mass is 9.63. The molecule has 4 aliphatic heterocycles. The van der Waals surface area contributed by atoms with Gasteiger partial charge in [-0.1, -0.05) is 13.8 Å². The van der Waals surface area contributed by atoms with E-state index in [-0.39, 0.29) is 5.57 Å². The lowest BCUT2D eigenvalue weighted by molar-refractivity contribution is 0.0689. The van der Waals surface area contributed by atoms with Crippen LogP contribution < -0.4 is 20.1 Å². The highest BCUT2D eigenvalue weighted by molar-refractivity contribution is 5.99. The van der Waals surface area contributed by atoms with Gasteiger partial charge in [-0.2, -0.15) is 0 Å². The minimum absolute atomic E-state index is 0.167. The number of halogens is 4. The molecule has 0 saturated heterocycles. The number of carbonyl (C=O) groups is 1. The van der Waals surface area contributed by atoms with Crippen molar-refractivity contribution in [3.8, 4) is 0 Å². The van der Waals surface area contributed by atoms with Crippen LogP contribution in [0.4, 0.5) is 23.2 Å². The molecule has 1 N–H and O–H groups in total. The fourth-order valence-corrected chi connectivity index (χ4v) is 9.15. The van der Waals surface area contributed by atoms with E-state index in [9.17, 15) is 14.3 Å². The molecule has 3 aromatic rings. The Morgan fingerprint density at radius 1 is 0.814 bits per heavy atom. The summed E-state index contributed by atoms with van der Waals surface area (Å²) in [4.78, 5) is 15.0. The van der Waals surface area contributed by atoms with E-state index in [1.54, 1.807) is 0 Å². The number of carboxylic acid groups (broad SMARTS) is 1. The van der Waals surface area contributed by atoms with Crippen LogP contribution in [0, 0.1) is 23.3 Å². The molecule has 5 aliphatic rings. The molecular formula is C35H33F4N2O2+. The van der Waals surface area contributed by atoms with Crippen LogP contribution in [0.1, 0.15) is 94.4 Å². The first kappa shape index (κ1) is 26.9. The lowest BCUT2D eigenvalue weighted by Crippen LogP contribution is -2.49. The Labute approximate surface area is 247 Å².